The summed E-state index contributed by atoms with van der Waals surface area (Å²) in [5.74, 6) is 1.39. The van der Waals surface area contributed by atoms with Gasteiger partial charge in [-0.3, -0.25) is 9.69 Å². The van der Waals surface area contributed by atoms with Crippen LogP contribution in [0.4, 0.5) is 5.69 Å². The van der Waals surface area contributed by atoms with Gasteiger partial charge < -0.3 is 10.2 Å². The van der Waals surface area contributed by atoms with Crippen LogP contribution in [0.25, 0.3) is 0 Å². The van der Waals surface area contributed by atoms with E-state index in [1.807, 2.05) is 0 Å². The number of carbonyl (C=O) groups excluding carboxylic acids is 1. The van der Waals surface area contributed by atoms with E-state index in [2.05, 4.69) is 59.3 Å². The molecule has 24 heavy (non-hydrogen) atoms. The lowest BCUT2D eigenvalue weighted by Crippen LogP contribution is -2.43. The first-order valence-electron chi connectivity index (χ1n) is 9.44. The monoisotopic (exact) mass is 329 g/mol. The highest BCUT2D eigenvalue weighted by Gasteiger charge is 2.29. The fourth-order valence-electron chi connectivity index (χ4n) is 4.17. The Morgan fingerprint density at radius 2 is 2.00 bits per heavy atom. The number of likely N-dealkylation sites (tertiary alicyclic amines) is 1. The van der Waals surface area contributed by atoms with Crippen LogP contribution in [0, 0.1) is 11.8 Å². The number of rotatable bonds is 6. The van der Waals surface area contributed by atoms with Crippen molar-refractivity contribution in [3.05, 3.63) is 30.3 Å². The Labute approximate surface area is 146 Å². The van der Waals surface area contributed by atoms with Crippen LogP contribution in [0.5, 0.6) is 0 Å². The van der Waals surface area contributed by atoms with E-state index in [-0.39, 0.29) is 5.91 Å². The minimum atomic E-state index is 0.195. The second-order valence-corrected chi connectivity index (χ2v) is 7.66. The maximum Gasteiger partial charge on any atom is 0.234 e. The summed E-state index contributed by atoms with van der Waals surface area (Å²) >= 11 is 0. The fourth-order valence-corrected chi connectivity index (χ4v) is 4.17. The number of nitrogens with zero attached hydrogens (tertiary/aromatic N) is 2. The molecular formula is C20H31N3O. The lowest BCUT2D eigenvalue weighted by Gasteiger charge is -2.27. The van der Waals surface area contributed by atoms with Crippen LogP contribution in [0.15, 0.2) is 30.3 Å². The van der Waals surface area contributed by atoms with E-state index >= 15 is 0 Å². The van der Waals surface area contributed by atoms with E-state index in [1.165, 1.54) is 18.5 Å². The highest BCUT2D eigenvalue weighted by atomic mass is 16.2. The average Bonchev–Trinajstić information content (AvgIpc) is 3.23. The first-order chi connectivity index (χ1) is 11.6. The van der Waals surface area contributed by atoms with E-state index < -0.39 is 0 Å². The third-order valence-electron chi connectivity index (χ3n) is 5.53. The molecule has 2 fully saturated rings. The Morgan fingerprint density at radius 1 is 1.21 bits per heavy atom. The van der Waals surface area contributed by atoms with Crippen molar-refractivity contribution < 1.29 is 4.79 Å². The molecule has 1 aromatic rings. The minimum Gasteiger partial charge on any atom is -0.371 e. The van der Waals surface area contributed by atoms with Crippen molar-refractivity contribution in [1.82, 2.24) is 10.2 Å². The molecule has 0 bridgehead atoms. The number of nitrogens with one attached hydrogen (secondary N) is 1. The molecule has 2 saturated heterocycles. The van der Waals surface area contributed by atoms with E-state index in [1.54, 1.807) is 0 Å². The molecule has 2 aliphatic heterocycles. The zero-order valence-corrected chi connectivity index (χ0v) is 15.1. The zero-order valence-electron chi connectivity index (χ0n) is 15.1. The molecule has 0 radical (unpaired) electrons. The molecule has 0 spiro atoms. The summed E-state index contributed by atoms with van der Waals surface area (Å²) in [5, 5.41) is 3.18. The normalized spacial score (nSPS) is 24.7. The summed E-state index contributed by atoms with van der Waals surface area (Å²) in [4.78, 5) is 17.1. The minimum absolute atomic E-state index is 0.195. The van der Waals surface area contributed by atoms with Gasteiger partial charge in [0.15, 0.2) is 0 Å². The SMILES string of the molecule is CC(C)[C@@H]1CCCN1CC(=O)NC[C@H]1CCN(c2ccccc2)C1. The Balaban J connectivity index is 1.41. The molecule has 1 amide bonds. The second kappa shape index (κ2) is 8.02. The van der Waals surface area contributed by atoms with Gasteiger partial charge in [0.2, 0.25) is 5.91 Å². The van der Waals surface area contributed by atoms with Crippen molar-refractivity contribution in [2.45, 2.75) is 39.2 Å². The van der Waals surface area contributed by atoms with E-state index in [4.69, 9.17) is 0 Å². The summed E-state index contributed by atoms with van der Waals surface area (Å²) in [5.41, 5.74) is 1.29. The quantitative estimate of drug-likeness (QED) is 0.872. The maximum atomic E-state index is 12.3. The van der Waals surface area contributed by atoms with E-state index in [9.17, 15) is 4.79 Å². The highest BCUT2D eigenvalue weighted by Crippen LogP contribution is 2.24. The van der Waals surface area contributed by atoms with Crippen LogP contribution in [-0.4, -0.2) is 49.6 Å². The zero-order chi connectivity index (χ0) is 16.9. The molecule has 132 valence electrons. The summed E-state index contributed by atoms with van der Waals surface area (Å²) in [6, 6.07) is 11.1. The highest BCUT2D eigenvalue weighted by molar-refractivity contribution is 5.78. The molecule has 4 nitrogen and oxygen atoms in total. The predicted octanol–water partition coefficient (Wildman–Crippen LogP) is 2.75. The van der Waals surface area contributed by atoms with Gasteiger partial charge in [-0.1, -0.05) is 32.0 Å². The van der Waals surface area contributed by atoms with Crippen LogP contribution in [-0.2, 0) is 4.79 Å². The predicted molar refractivity (Wildman–Crippen MR) is 99.2 cm³/mol. The summed E-state index contributed by atoms with van der Waals surface area (Å²) in [7, 11) is 0. The summed E-state index contributed by atoms with van der Waals surface area (Å²) in [6.45, 7) is 9.10. The fraction of sp³-hybridized carbons (Fsp3) is 0.650. The van der Waals surface area contributed by atoms with Crippen LogP contribution in [0.3, 0.4) is 0 Å². The molecule has 0 aliphatic carbocycles. The molecule has 3 rings (SSSR count). The Morgan fingerprint density at radius 3 is 2.75 bits per heavy atom. The lowest BCUT2D eigenvalue weighted by molar-refractivity contribution is -0.122. The second-order valence-electron chi connectivity index (χ2n) is 7.66. The van der Waals surface area contributed by atoms with Gasteiger partial charge in [-0.25, -0.2) is 0 Å². The Kier molecular flexibility index (Phi) is 5.77. The smallest absolute Gasteiger partial charge is 0.234 e. The number of para-hydroxylation sites is 1. The van der Waals surface area contributed by atoms with Crippen molar-refractivity contribution in [2.75, 3.05) is 37.6 Å². The molecule has 0 unspecified atom stereocenters. The van der Waals surface area contributed by atoms with Gasteiger partial charge in [-0.2, -0.15) is 0 Å². The van der Waals surface area contributed by atoms with Gasteiger partial charge in [0, 0.05) is 31.4 Å². The number of amides is 1. The van der Waals surface area contributed by atoms with E-state index in [0.29, 0.717) is 24.4 Å². The first kappa shape index (κ1) is 17.3. The van der Waals surface area contributed by atoms with Gasteiger partial charge in [-0.05, 0) is 49.8 Å². The third kappa shape index (κ3) is 4.29. The molecule has 2 heterocycles. The van der Waals surface area contributed by atoms with Crippen molar-refractivity contribution in [2.24, 2.45) is 11.8 Å². The van der Waals surface area contributed by atoms with Crippen LogP contribution in [0.2, 0.25) is 0 Å². The number of anilines is 1. The van der Waals surface area contributed by atoms with Crippen LogP contribution >= 0.6 is 0 Å². The van der Waals surface area contributed by atoms with Crippen LogP contribution in [0.1, 0.15) is 33.1 Å². The molecule has 2 atom stereocenters. The summed E-state index contributed by atoms with van der Waals surface area (Å²) in [6.07, 6.45) is 3.62. The first-order valence-corrected chi connectivity index (χ1v) is 9.44. The van der Waals surface area contributed by atoms with Crippen LogP contribution < -0.4 is 10.2 Å². The molecule has 4 heteroatoms. The number of hydrogen-bond donors (Lipinski definition) is 1. The van der Waals surface area contributed by atoms with Crippen molar-refractivity contribution >= 4 is 11.6 Å². The summed E-state index contributed by atoms with van der Waals surface area (Å²) < 4.78 is 0. The third-order valence-corrected chi connectivity index (χ3v) is 5.53. The number of carbonyl (C=O) groups is 1. The topological polar surface area (TPSA) is 35.6 Å². The molecule has 1 N–H and O–H groups in total. The van der Waals surface area contributed by atoms with Crippen molar-refractivity contribution in [1.29, 1.82) is 0 Å². The van der Waals surface area contributed by atoms with Crippen molar-refractivity contribution in [3.63, 3.8) is 0 Å². The largest absolute Gasteiger partial charge is 0.371 e. The maximum absolute atomic E-state index is 12.3. The average molecular weight is 329 g/mol. The number of hydrogen-bond acceptors (Lipinski definition) is 3. The lowest BCUT2D eigenvalue weighted by atomic mass is 10.0. The molecule has 2 aliphatic rings. The van der Waals surface area contributed by atoms with Crippen molar-refractivity contribution in [3.8, 4) is 0 Å². The Bertz CT molecular complexity index is 531. The molecule has 0 saturated carbocycles. The van der Waals surface area contributed by atoms with Gasteiger partial charge in [0.05, 0.1) is 6.54 Å². The van der Waals surface area contributed by atoms with Gasteiger partial charge in [0.25, 0.3) is 0 Å². The number of benzene rings is 1. The van der Waals surface area contributed by atoms with Gasteiger partial charge >= 0.3 is 0 Å². The standard InChI is InChI=1S/C20H31N3O/c1-16(2)19-9-6-11-23(19)15-20(24)21-13-17-10-12-22(14-17)18-7-4-3-5-8-18/h3-5,7-8,16-17,19H,6,9-15H2,1-2H3,(H,21,24)/t17-,19+/m1/s1. The van der Waals surface area contributed by atoms with Gasteiger partial charge in [0.1, 0.15) is 0 Å². The molecule has 1 aromatic carbocycles. The molecule has 0 aromatic heterocycles. The Hall–Kier alpha value is -1.55. The molecular weight excluding hydrogens is 298 g/mol. The van der Waals surface area contributed by atoms with E-state index in [0.717, 1.165) is 32.6 Å². The van der Waals surface area contributed by atoms with Gasteiger partial charge in [-0.15, -0.1) is 0 Å².